The molecule has 1 aromatic carbocycles. The third-order valence-corrected chi connectivity index (χ3v) is 2.29. The number of hydrogen-bond acceptors (Lipinski definition) is 1. The van der Waals surface area contributed by atoms with Crippen LogP contribution in [0.25, 0.3) is 0 Å². The molecule has 0 aliphatic rings. The topological polar surface area (TPSA) is 29.1 Å². The molecule has 0 aromatic heterocycles. The molecule has 1 aromatic rings. The molecule has 0 spiro atoms. The van der Waals surface area contributed by atoms with Crippen LogP contribution in [0, 0.1) is 12.7 Å². The van der Waals surface area contributed by atoms with Crippen LogP contribution in [0.3, 0.4) is 0 Å². The van der Waals surface area contributed by atoms with Crippen molar-refractivity contribution in [3.8, 4) is 0 Å². The lowest BCUT2D eigenvalue weighted by Crippen LogP contribution is -2.26. The summed E-state index contributed by atoms with van der Waals surface area (Å²) >= 11 is 2.15. The van der Waals surface area contributed by atoms with Crippen LogP contribution < -0.4 is 5.32 Å². The smallest absolute Gasteiger partial charge is 0.254 e. The maximum Gasteiger partial charge on any atom is 0.254 e. The first-order valence-electron chi connectivity index (χ1n) is 4.25. The van der Waals surface area contributed by atoms with Gasteiger partial charge in [-0.2, -0.15) is 0 Å². The summed E-state index contributed by atoms with van der Waals surface area (Å²) in [4.78, 5) is 11.4. The molecule has 0 aliphatic carbocycles. The Labute approximate surface area is 96.0 Å². The molecule has 0 aliphatic heterocycles. The number of nitrogens with one attached hydrogen (secondary N) is 1. The van der Waals surface area contributed by atoms with Crippen molar-refractivity contribution in [1.82, 2.24) is 5.32 Å². The highest BCUT2D eigenvalue weighted by Crippen LogP contribution is 2.09. The van der Waals surface area contributed by atoms with Gasteiger partial charge in [0.25, 0.3) is 5.91 Å². The van der Waals surface area contributed by atoms with Gasteiger partial charge in [0.2, 0.25) is 0 Å². The molecule has 76 valence electrons. The van der Waals surface area contributed by atoms with E-state index >= 15 is 0 Å². The maximum absolute atomic E-state index is 13.2. The number of carbonyl (C=O) groups excluding carboxylic acids is 1. The zero-order valence-corrected chi connectivity index (χ0v) is 9.97. The molecule has 0 atom stereocenters. The summed E-state index contributed by atoms with van der Waals surface area (Å²) in [6.07, 6.45) is 0. The van der Waals surface area contributed by atoms with Crippen molar-refractivity contribution in [2.24, 2.45) is 0 Å². The molecule has 1 N–H and O–H groups in total. The van der Waals surface area contributed by atoms with Gasteiger partial charge in [0.05, 0.1) is 5.56 Å². The van der Waals surface area contributed by atoms with E-state index in [2.05, 4.69) is 27.9 Å². The standard InChI is InChI=1S/C10H11FINO/c1-7-2-3-9(11)8(6-7)10(14)13-5-4-12/h2-3,6H,4-5H2,1H3,(H,13,14). The average molecular weight is 307 g/mol. The molecule has 1 amide bonds. The Morgan fingerprint density at radius 3 is 2.93 bits per heavy atom. The van der Waals surface area contributed by atoms with Gasteiger partial charge in [-0.3, -0.25) is 4.79 Å². The minimum absolute atomic E-state index is 0.120. The Kier molecular flexibility index (Phi) is 4.31. The molecule has 0 saturated carbocycles. The van der Waals surface area contributed by atoms with Gasteiger partial charge in [0, 0.05) is 11.0 Å². The Balaban J connectivity index is 2.83. The summed E-state index contributed by atoms with van der Waals surface area (Å²) in [6, 6.07) is 4.51. The number of amides is 1. The van der Waals surface area contributed by atoms with Crippen LogP contribution in [0.2, 0.25) is 0 Å². The molecule has 2 nitrogen and oxygen atoms in total. The summed E-state index contributed by atoms with van der Waals surface area (Å²) in [5.41, 5.74) is 1.00. The van der Waals surface area contributed by atoms with Gasteiger partial charge in [-0.1, -0.05) is 34.2 Å². The first-order chi connectivity index (χ1) is 6.65. The van der Waals surface area contributed by atoms with E-state index in [0.717, 1.165) is 9.99 Å². The Hall–Kier alpha value is -0.650. The first kappa shape index (κ1) is 11.4. The number of hydrogen-bond donors (Lipinski definition) is 1. The summed E-state index contributed by atoms with van der Waals surface area (Å²) in [5.74, 6) is -0.815. The highest BCUT2D eigenvalue weighted by atomic mass is 127. The van der Waals surface area contributed by atoms with Crippen molar-refractivity contribution < 1.29 is 9.18 Å². The molecule has 0 bridgehead atoms. The fourth-order valence-corrected chi connectivity index (χ4v) is 1.34. The third kappa shape index (κ3) is 2.94. The minimum Gasteiger partial charge on any atom is -0.351 e. The van der Waals surface area contributed by atoms with E-state index in [1.54, 1.807) is 12.1 Å². The fraction of sp³-hybridized carbons (Fsp3) is 0.300. The monoisotopic (exact) mass is 307 g/mol. The van der Waals surface area contributed by atoms with Crippen LogP contribution in [0.5, 0.6) is 0 Å². The second-order valence-corrected chi connectivity index (χ2v) is 4.01. The minimum atomic E-state index is -0.471. The first-order valence-corrected chi connectivity index (χ1v) is 5.78. The maximum atomic E-state index is 13.2. The summed E-state index contributed by atoms with van der Waals surface area (Å²) in [5, 5.41) is 2.63. The Morgan fingerprint density at radius 1 is 1.57 bits per heavy atom. The van der Waals surface area contributed by atoms with Crippen molar-refractivity contribution in [2.45, 2.75) is 6.92 Å². The van der Waals surface area contributed by atoms with Crippen LogP contribution in [-0.2, 0) is 0 Å². The van der Waals surface area contributed by atoms with E-state index < -0.39 is 5.82 Å². The number of benzene rings is 1. The zero-order valence-electron chi connectivity index (χ0n) is 7.81. The Morgan fingerprint density at radius 2 is 2.29 bits per heavy atom. The van der Waals surface area contributed by atoms with Gasteiger partial charge < -0.3 is 5.32 Å². The van der Waals surface area contributed by atoms with Crippen molar-refractivity contribution in [1.29, 1.82) is 0 Å². The molecular weight excluding hydrogens is 296 g/mol. The largest absolute Gasteiger partial charge is 0.351 e. The van der Waals surface area contributed by atoms with Gasteiger partial charge in [0.1, 0.15) is 5.82 Å². The van der Waals surface area contributed by atoms with E-state index in [1.165, 1.54) is 6.07 Å². The lowest BCUT2D eigenvalue weighted by atomic mass is 10.1. The quantitative estimate of drug-likeness (QED) is 0.674. The van der Waals surface area contributed by atoms with Gasteiger partial charge in [-0.05, 0) is 19.1 Å². The van der Waals surface area contributed by atoms with E-state index in [4.69, 9.17) is 0 Å². The third-order valence-electron chi connectivity index (χ3n) is 1.75. The van der Waals surface area contributed by atoms with Crippen molar-refractivity contribution >= 4 is 28.5 Å². The van der Waals surface area contributed by atoms with E-state index in [-0.39, 0.29) is 11.5 Å². The lowest BCUT2D eigenvalue weighted by molar-refractivity contribution is 0.0952. The fourth-order valence-electron chi connectivity index (χ4n) is 1.07. The number of alkyl halides is 1. The second-order valence-electron chi connectivity index (χ2n) is 2.93. The van der Waals surface area contributed by atoms with E-state index in [9.17, 15) is 9.18 Å². The van der Waals surface area contributed by atoms with Crippen molar-refractivity contribution in [3.63, 3.8) is 0 Å². The number of aryl methyl sites for hydroxylation is 1. The molecule has 4 heteroatoms. The zero-order chi connectivity index (χ0) is 10.6. The summed E-state index contributed by atoms with van der Waals surface area (Å²) in [6.45, 7) is 2.39. The molecule has 0 heterocycles. The molecule has 0 radical (unpaired) electrons. The van der Waals surface area contributed by atoms with Crippen LogP contribution in [0.4, 0.5) is 4.39 Å². The second kappa shape index (κ2) is 5.29. The lowest BCUT2D eigenvalue weighted by Gasteiger charge is -2.04. The van der Waals surface area contributed by atoms with Gasteiger partial charge in [-0.15, -0.1) is 0 Å². The molecule has 14 heavy (non-hydrogen) atoms. The SMILES string of the molecule is Cc1ccc(F)c(C(=O)NCCI)c1. The summed E-state index contributed by atoms with van der Waals surface area (Å²) in [7, 11) is 0. The number of carbonyl (C=O) groups is 1. The van der Waals surface area contributed by atoms with E-state index in [1.807, 2.05) is 6.92 Å². The number of halogens is 2. The van der Waals surface area contributed by atoms with Crippen LogP contribution in [0.1, 0.15) is 15.9 Å². The Bertz CT molecular complexity index is 341. The highest BCUT2D eigenvalue weighted by Gasteiger charge is 2.10. The summed E-state index contributed by atoms with van der Waals surface area (Å²) < 4.78 is 14.0. The predicted molar refractivity (Wildman–Crippen MR) is 62.4 cm³/mol. The van der Waals surface area contributed by atoms with Crippen molar-refractivity contribution in [2.75, 3.05) is 11.0 Å². The van der Waals surface area contributed by atoms with Gasteiger partial charge in [-0.25, -0.2) is 4.39 Å². The number of rotatable bonds is 3. The molecule has 0 saturated heterocycles. The molecule has 1 rings (SSSR count). The van der Waals surface area contributed by atoms with Crippen LogP contribution >= 0.6 is 22.6 Å². The van der Waals surface area contributed by atoms with Crippen molar-refractivity contribution in [3.05, 3.63) is 35.1 Å². The van der Waals surface area contributed by atoms with Crippen LogP contribution in [0.15, 0.2) is 18.2 Å². The normalized spacial score (nSPS) is 9.93. The van der Waals surface area contributed by atoms with E-state index in [0.29, 0.717) is 6.54 Å². The van der Waals surface area contributed by atoms with Gasteiger partial charge in [0.15, 0.2) is 0 Å². The molecule has 0 unspecified atom stereocenters. The highest BCUT2D eigenvalue weighted by molar-refractivity contribution is 14.1. The molecule has 0 fully saturated rings. The molecular formula is C10H11FINO. The average Bonchev–Trinajstić information content (AvgIpc) is 2.18. The predicted octanol–water partition coefficient (Wildman–Crippen LogP) is 2.30. The van der Waals surface area contributed by atoms with Crippen LogP contribution in [-0.4, -0.2) is 16.9 Å². The van der Waals surface area contributed by atoms with Gasteiger partial charge >= 0.3 is 0 Å².